The van der Waals surface area contributed by atoms with E-state index in [2.05, 4.69) is 21.3 Å². The summed E-state index contributed by atoms with van der Waals surface area (Å²) in [5, 5.41) is 29.5. The number of urea groups is 1. The van der Waals surface area contributed by atoms with Gasteiger partial charge in [0.2, 0.25) is 11.8 Å². The van der Waals surface area contributed by atoms with Crippen molar-refractivity contribution in [1.82, 2.24) is 21.3 Å². The number of rotatable bonds is 17. The first-order chi connectivity index (χ1) is 17.1. The average Bonchev–Trinajstić information content (AvgIpc) is 3.36. The SMILES string of the molecule is CCCCC(NC(=O)[C@@]1(CCCCC(=O)O)SC[C@@H]2NC(=O)N[C@@H]21)C(=O)N[C@@H](CCCCN)C(=O)O. The third-order valence-electron chi connectivity index (χ3n) is 6.63. The van der Waals surface area contributed by atoms with Crippen molar-refractivity contribution < 1.29 is 34.2 Å². The molecule has 1 unspecified atom stereocenters. The molecular formula is C23H39N5O7S. The molecule has 2 aliphatic heterocycles. The highest BCUT2D eigenvalue weighted by atomic mass is 32.2. The van der Waals surface area contributed by atoms with E-state index in [0.29, 0.717) is 57.2 Å². The zero-order valence-corrected chi connectivity index (χ0v) is 21.5. The topological polar surface area (TPSA) is 200 Å². The molecule has 0 aromatic rings. The number of nitrogens with one attached hydrogen (secondary N) is 4. The van der Waals surface area contributed by atoms with E-state index >= 15 is 0 Å². The molecule has 2 aliphatic rings. The van der Waals surface area contributed by atoms with E-state index in [1.54, 1.807) is 0 Å². The summed E-state index contributed by atoms with van der Waals surface area (Å²) in [5.41, 5.74) is 5.48. The number of carboxylic acids is 2. The van der Waals surface area contributed by atoms with Crippen LogP contribution in [0.1, 0.15) is 71.1 Å². The Morgan fingerprint density at radius 3 is 2.42 bits per heavy atom. The minimum Gasteiger partial charge on any atom is -0.481 e. The van der Waals surface area contributed by atoms with Crippen LogP contribution in [0.25, 0.3) is 0 Å². The number of hydrogen-bond donors (Lipinski definition) is 7. The standard InChI is InChI=1S/C23H39N5O7S/c1-2-3-8-14(19(31)25-15(20(32)33)9-5-7-12-24)26-21(34)23(11-6-4-10-17(29)30)18-16(13-36-23)27-22(35)28-18/h14-16,18H,2-13,24H2,1H3,(H,25,31)(H,26,34)(H,29,30)(H,32,33)(H2,27,28,35)/t14?,15-,16-,18-,23-/m0/s1. The smallest absolute Gasteiger partial charge is 0.326 e. The van der Waals surface area contributed by atoms with Gasteiger partial charge in [0, 0.05) is 12.2 Å². The van der Waals surface area contributed by atoms with Crippen LogP contribution in [0.4, 0.5) is 4.79 Å². The van der Waals surface area contributed by atoms with Crippen LogP contribution < -0.4 is 27.0 Å². The van der Waals surface area contributed by atoms with Gasteiger partial charge in [-0.1, -0.05) is 26.2 Å². The van der Waals surface area contributed by atoms with Gasteiger partial charge in [-0.2, -0.15) is 0 Å². The normalized spacial score (nSPS) is 24.2. The number of carbonyl (C=O) groups excluding carboxylic acids is 3. The molecule has 2 saturated heterocycles. The van der Waals surface area contributed by atoms with Crippen molar-refractivity contribution in [3.63, 3.8) is 0 Å². The van der Waals surface area contributed by atoms with Crippen LogP contribution in [0, 0.1) is 0 Å². The maximum absolute atomic E-state index is 13.7. The maximum Gasteiger partial charge on any atom is 0.326 e. The van der Waals surface area contributed by atoms with Gasteiger partial charge in [0.15, 0.2) is 0 Å². The Morgan fingerprint density at radius 2 is 1.78 bits per heavy atom. The molecule has 4 amide bonds. The van der Waals surface area contributed by atoms with Gasteiger partial charge in [0.1, 0.15) is 16.8 Å². The summed E-state index contributed by atoms with van der Waals surface area (Å²) < 4.78 is -1.07. The highest BCUT2D eigenvalue weighted by Crippen LogP contribution is 2.44. The fourth-order valence-corrected chi connectivity index (χ4v) is 6.27. The van der Waals surface area contributed by atoms with Gasteiger partial charge in [-0.15, -0.1) is 11.8 Å². The Kier molecular flexibility index (Phi) is 11.8. The molecule has 0 bridgehead atoms. The van der Waals surface area contributed by atoms with Gasteiger partial charge in [-0.25, -0.2) is 9.59 Å². The third-order valence-corrected chi connectivity index (χ3v) is 8.32. The molecular weight excluding hydrogens is 490 g/mol. The van der Waals surface area contributed by atoms with Gasteiger partial charge in [0.25, 0.3) is 0 Å². The number of aliphatic carboxylic acids is 2. The Labute approximate surface area is 215 Å². The quantitative estimate of drug-likeness (QED) is 0.104. The first-order valence-electron chi connectivity index (χ1n) is 12.6. The van der Waals surface area contributed by atoms with E-state index in [4.69, 9.17) is 10.8 Å². The molecule has 0 saturated carbocycles. The number of amides is 4. The lowest BCUT2D eigenvalue weighted by molar-refractivity contribution is -0.142. The number of nitrogens with two attached hydrogens (primary N) is 1. The van der Waals surface area contributed by atoms with Crippen molar-refractivity contribution in [3.8, 4) is 0 Å². The third kappa shape index (κ3) is 7.99. The molecule has 2 rings (SSSR count). The number of fused-ring (bicyclic) bond motifs is 1. The van der Waals surface area contributed by atoms with Gasteiger partial charge < -0.3 is 37.2 Å². The first-order valence-corrected chi connectivity index (χ1v) is 13.6. The fraction of sp³-hybridized carbons (Fsp3) is 0.783. The Hall–Kier alpha value is -2.54. The van der Waals surface area contributed by atoms with E-state index in [0.717, 1.165) is 6.42 Å². The van der Waals surface area contributed by atoms with E-state index in [1.165, 1.54) is 11.8 Å². The number of carboxylic acid groups (broad SMARTS) is 2. The summed E-state index contributed by atoms with van der Waals surface area (Å²) in [6, 6.07) is -3.14. The molecule has 0 aromatic heterocycles. The second-order valence-electron chi connectivity index (χ2n) is 9.36. The number of unbranched alkanes of at least 4 members (excludes halogenated alkanes) is 3. The summed E-state index contributed by atoms with van der Waals surface area (Å²) in [6.07, 6.45) is 4.32. The molecule has 0 aliphatic carbocycles. The molecule has 2 fully saturated rings. The van der Waals surface area contributed by atoms with E-state index in [-0.39, 0.29) is 24.9 Å². The van der Waals surface area contributed by atoms with Crippen LogP contribution in [0.3, 0.4) is 0 Å². The predicted octanol–water partition coefficient (Wildman–Crippen LogP) is 0.540. The second-order valence-corrected chi connectivity index (χ2v) is 10.7. The minimum absolute atomic E-state index is 0.0245. The van der Waals surface area contributed by atoms with Crippen molar-refractivity contribution in [1.29, 1.82) is 0 Å². The lowest BCUT2D eigenvalue weighted by Gasteiger charge is -2.34. The fourth-order valence-electron chi connectivity index (χ4n) is 4.63. The van der Waals surface area contributed by atoms with Crippen LogP contribution in [-0.2, 0) is 19.2 Å². The lowest BCUT2D eigenvalue weighted by Crippen LogP contribution is -2.60. The van der Waals surface area contributed by atoms with Crippen LogP contribution >= 0.6 is 11.8 Å². The van der Waals surface area contributed by atoms with E-state index in [1.807, 2.05) is 6.92 Å². The highest BCUT2D eigenvalue weighted by Gasteiger charge is 2.58. The Morgan fingerprint density at radius 1 is 1.06 bits per heavy atom. The number of carbonyl (C=O) groups is 5. The van der Waals surface area contributed by atoms with Crippen molar-refractivity contribution in [2.75, 3.05) is 12.3 Å². The monoisotopic (exact) mass is 529 g/mol. The van der Waals surface area contributed by atoms with Gasteiger partial charge in [-0.05, 0) is 45.1 Å². The molecule has 0 aromatic carbocycles. The zero-order valence-electron chi connectivity index (χ0n) is 20.7. The molecule has 12 nitrogen and oxygen atoms in total. The van der Waals surface area contributed by atoms with Crippen LogP contribution in [0.5, 0.6) is 0 Å². The van der Waals surface area contributed by atoms with Crippen molar-refractivity contribution >= 4 is 41.5 Å². The molecule has 8 N–H and O–H groups in total. The molecule has 5 atom stereocenters. The minimum atomic E-state index is -1.15. The van der Waals surface area contributed by atoms with E-state index < -0.39 is 46.6 Å². The van der Waals surface area contributed by atoms with Gasteiger partial charge in [0.05, 0.1) is 12.1 Å². The predicted molar refractivity (Wildman–Crippen MR) is 134 cm³/mol. The molecule has 2 heterocycles. The highest BCUT2D eigenvalue weighted by molar-refractivity contribution is 8.01. The maximum atomic E-state index is 13.7. The van der Waals surface area contributed by atoms with Crippen molar-refractivity contribution in [2.45, 2.75) is 100 Å². The zero-order chi connectivity index (χ0) is 26.7. The van der Waals surface area contributed by atoms with Crippen LogP contribution in [-0.4, -0.2) is 81.2 Å². The Balaban J connectivity index is 2.17. The summed E-state index contributed by atoms with van der Waals surface area (Å²) in [5.74, 6) is -2.54. The number of hydrogen-bond acceptors (Lipinski definition) is 7. The first kappa shape index (κ1) is 29.7. The molecule has 13 heteroatoms. The van der Waals surface area contributed by atoms with E-state index in [9.17, 15) is 29.1 Å². The van der Waals surface area contributed by atoms with Crippen molar-refractivity contribution in [2.24, 2.45) is 5.73 Å². The molecule has 0 spiro atoms. The van der Waals surface area contributed by atoms with Gasteiger partial charge in [-0.3, -0.25) is 14.4 Å². The summed E-state index contributed by atoms with van der Waals surface area (Å²) in [7, 11) is 0. The average molecular weight is 530 g/mol. The van der Waals surface area contributed by atoms with Crippen LogP contribution in [0.2, 0.25) is 0 Å². The Bertz CT molecular complexity index is 814. The van der Waals surface area contributed by atoms with Crippen molar-refractivity contribution in [3.05, 3.63) is 0 Å². The largest absolute Gasteiger partial charge is 0.481 e. The molecule has 0 radical (unpaired) electrons. The van der Waals surface area contributed by atoms with Crippen LogP contribution in [0.15, 0.2) is 0 Å². The van der Waals surface area contributed by atoms with Gasteiger partial charge >= 0.3 is 18.0 Å². The second kappa shape index (κ2) is 14.3. The number of thioether (sulfide) groups is 1. The summed E-state index contributed by atoms with van der Waals surface area (Å²) in [6.45, 7) is 2.37. The lowest BCUT2D eigenvalue weighted by atomic mass is 9.88. The summed E-state index contributed by atoms with van der Waals surface area (Å²) in [4.78, 5) is 61.4. The molecule has 36 heavy (non-hydrogen) atoms. The molecule has 204 valence electrons. The summed E-state index contributed by atoms with van der Waals surface area (Å²) >= 11 is 1.39.